The molecule has 1 fully saturated rings. The van der Waals surface area contributed by atoms with E-state index in [9.17, 15) is 20.1 Å². The molecule has 5 atom stereocenters. The van der Waals surface area contributed by atoms with Gasteiger partial charge in [0.25, 0.3) is 0 Å². The third kappa shape index (κ3) is 3.36. The number of aliphatic hydroxyl groups is 4. The van der Waals surface area contributed by atoms with E-state index in [2.05, 4.69) is 4.74 Å². The molecule has 0 radical (unpaired) electrons. The maximum absolute atomic E-state index is 11.2. The second-order valence-electron chi connectivity index (χ2n) is 3.88. The Morgan fingerprint density at radius 2 is 1.76 bits per heavy atom. The number of carbonyl (C=O) groups is 1. The van der Waals surface area contributed by atoms with Gasteiger partial charge >= 0.3 is 5.97 Å². The molecule has 0 amide bonds. The van der Waals surface area contributed by atoms with Gasteiger partial charge in [-0.2, -0.15) is 0 Å². The minimum absolute atomic E-state index is 0.205. The van der Waals surface area contributed by atoms with E-state index < -0.39 is 43.1 Å². The monoisotopic (exact) mass is 250 g/mol. The molecule has 7 heteroatoms. The normalized spacial score (nSPS) is 37.8. The number of ether oxygens (including phenoxy) is 2. The molecule has 0 saturated carbocycles. The van der Waals surface area contributed by atoms with Crippen LogP contribution in [0.1, 0.15) is 13.3 Å². The van der Waals surface area contributed by atoms with Crippen molar-refractivity contribution >= 4 is 5.97 Å². The highest BCUT2D eigenvalue weighted by atomic mass is 16.6. The average molecular weight is 250 g/mol. The highest BCUT2D eigenvalue weighted by Crippen LogP contribution is 2.23. The Kier molecular flexibility index (Phi) is 5.29. The van der Waals surface area contributed by atoms with Gasteiger partial charge in [-0.1, -0.05) is 0 Å². The number of hydrogen-bond donors (Lipinski definition) is 4. The van der Waals surface area contributed by atoms with Crippen molar-refractivity contribution in [3.05, 3.63) is 0 Å². The maximum atomic E-state index is 11.2. The van der Waals surface area contributed by atoms with E-state index in [1.807, 2.05) is 0 Å². The van der Waals surface area contributed by atoms with E-state index in [1.54, 1.807) is 6.92 Å². The van der Waals surface area contributed by atoms with Crippen LogP contribution >= 0.6 is 0 Å². The summed E-state index contributed by atoms with van der Waals surface area (Å²) < 4.78 is 9.82. The molecule has 0 aromatic carbocycles. The molecular weight excluding hydrogens is 232 g/mol. The summed E-state index contributed by atoms with van der Waals surface area (Å²) in [4.78, 5) is 11.2. The van der Waals surface area contributed by atoms with Crippen LogP contribution in [-0.4, -0.2) is 70.1 Å². The van der Waals surface area contributed by atoms with Gasteiger partial charge in [0.15, 0.2) is 0 Å². The molecule has 0 spiro atoms. The van der Waals surface area contributed by atoms with Crippen LogP contribution in [0.2, 0.25) is 0 Å². The van der Waals surface area contributed by atoms with E-state index in [-0.39, 0.29) is 13.0 Å². The molecule has 1 saturated heterocycles. The van der Waals surface area contributed by atoms with Crippen LogP contribution in [0.3, 0.4) is 0 Å². The molecule has 1 heterocycles. The van der Waals surface area contributed by atoms with Gasteiger partial charge in [0, 0.05) is 0 Å². The van der Waals surface area contributed by atoms with Crippen LogP contribution in [0.4, 0.5) is 0 Å². The first kappa shape index (κ1) is 14.3. The summed E-state index contributed by atoms with van der Waals surface area (Å²) in [5.41, 5.74) is 0. The van der Waals surface area contributed by atoms with Crippen LogP contribution in [0, 0.1) is 0 Å². The Morgan fingerprint density at radius 3 is 2.29 bits per heavy atom. The lowest BCUT2D eigenvalue weighted by atomic mass is 9.93. The molecule has 0 aromatic rings. The smallest absolute Gasteiger partial charge is 0.308 e. The van der Waals surface area contributed by atoms with Crippen LogP contribution in [0.15, 0.2) is 0 Å². The van der Waals surface area contributed by atoms with E-state index in [0.717, 1.165) is 0 Å². The number of aliphatic hydroxyl groups excluding tert-OH is 4. The van der Waals surface area contributed by atoms with Gasteiger partial charge < -0.3 is 29.9 Å². The fourth-order valence-electron chi connectivity index (χ4n) is 1.73. The number of carbonyl (C=O) groups excluding carboxylic acids is 1. The topological polar surface area (TPSA) is 116 Å². The molecule has 7 nitrogen and oxygen atoms in total. The van der Waals surface area contributed by atoms with Crippen molar-refractivity contribution in [2.75, 3.05) is 13.2 Å². The summed E-state index contributed by atoms with van der Waals surface area (Å²) in [6, 6.07) is 0. The van der Waals surface area contributed by atoms with Gasteiger partial charge in [0.1, 0.15) is 24.4 Å². The zero-order chi connectivity index (χ0) is 13.0. The van der Waals surface area contributed by atoms with Crippen molar-refractivity contribution in [2.45, 2.75) is 43.9 Å². The third-order valence-corrected chi connectivity index (χ3v) is 2.66. The van der Waals surface area contributed by atoms with Crippen molar-refractivity contribution in [3.8, 4) is 0 Å². The lowest BCUT2D eigenvalue weighted by Crippen LogP contribution is -2.58. The Bertz CT molecular complexity index is 255. The number of rotatable bonds is 4. The van der Waals surface area contributed by atoms with Crippen molar-refractivity contribution < 1.29 is 34.7 Å². The first-order valence-corrected chi connectivity index (χ1v) is 5.47. The average Bonchev–Trinajstić information content (AvgIpc) is 2.30. The number of esters is 1. The van der Waals surface area contributed by atoms with E-state index in [1.165, 1.54) is 0 Å². The minimum Gasteiger partial charge on any atom is -0.466 e. The van der Waals surface area contributed by atoms with Crippen LogP contribution in [0.25, 0.3) is 0 Å². The SMILES string of the molecule is CCOC(=O)CC1O[C@H](CO)[C@@H](O)[C@H](O)[C@@H]1O. The first-order chi connectivity index (χ1) is 8.01. The lowest BCUT2D eigenvalue weighted by molar-refractivity contribution is -0.231. The fourth-order valence-corrected chi connectivity index (χ4v) is 1.73. The Balaban J connectivity index is 2.62. The predicted octanol–water partition coefficient (Wildman–Crippen LogP) is -2.22. The zero-order valence-corrected chi connectivity index (χ0v) is 9.52. The van der Waals surface area contributed by atoms with Gasteiger partial charge in [-0.25, -0.2) is 0 Å². The molecule has 1 aliphatic rings. The summed E-state index contributed by atoms with van der Waals surface area (Å²) in [6.45, 7) is 1.34. The zero-order valence-electron chi connectivity index (χ0n) is 9.52. The van der Waals surface area contributed by atoms with Gasteiger partial charge in [0.2, 0.25) is 0 Å². The third-order valence-electron chi connectivity index (χ3n) is 2.66. The second-order valence-corrected chi connectivity index (χ2v) is 3.88. The molecule has 1 unspecified atom stereocenters. The highest BCUT2D eigenvalue weighted by Gasteiger charge is 2.44. The summed E-state index contributed by atoms with van der Waals surface area (Å²) in [5, 5.41) is 37.5. The standard InChI is InChI=1S/C10H18O7/c1-2-16-7(12)3-5-8(13)10(15)9(14)6(4-11)17-5/h5-6,8-11,13-15H,2-4H2,1H3/t5?,6-,8-,9-,10-/m1/s1. The summed E-state index contributed by atoms with van der Waals surface area (Å²) in [5.74, 6) is -0.572. The van der Waals surface area contributed by atoms with Crippen LogP contribution < -0.4 is 0 Å². The van der Waals surface area contributed by atoms with Gasteiger partial charge in [-0.3, -0.25) is 4.79 Å². The first-order valence-electron chi connectivity index (χ1n) is 5.47. The van der Waals surface area contributed by atoms with Gasteiger partial charge in [0.05, 0.1) is 25.7 Å². The quantitative estimate of drug-likeness (QED) is 0.418. The van der Waals surface area contributed by atoms with E-state index >= 15 is 0 Å². The van der Waals surface area contributed by atoms with Crippen molar-refractivity contribution in [3.63, 3.8) is 0 Å². The Morgan fingerprint density at radius 1 is 1.18 bits per heavy atom. The molecule has 1 aliphatic heterocycles. The van der Waals surface area contributed by atoms with Crippen LogP contribution in [0.5, 0.6) is 0 Å². The molecule has 0 aromatic heterocycles. The van der Waals surface area contributed by atoms with Crippen molar-refractivity contribution in [1.29, 1.82) is 0 Å². The second kappa shape index (κ2) is 6.27. The van der Waals surface area contributed by atoms with E-state index in [0.29, 0.717) is 0 Å². The molecule has 17 heavy (non-hydrogen) atoms. The molecule has 1 rings (SSSR count). The summed E-state index contributed by atoms with van der Waals surface area (Å²) in [7, 11) is 0. The molecule has 0 bridgehead atoms. The van der Waals surface area contributed by atoms with Crippen molar-refractivity contribution in [1.82, 2.24) is 0 Å². The van der Waals surface area contributed by atoms with Gasteiger partial charge in [-0.15, -0.1) is 0 Å². The molecular formula is C10H18O7. The molecule has 100 valence electrons. The Labute approximate surface area is 98.6 Å². The summed E-state index contributed by atoms with van der Waals surface area (Å²) in [6.07, 6.45) is -6.49. The van der Waals surface area contributed by atoms with Crippen LogP contribution in [-0.2, 0) is 14.3 Å². The van der Waals surface area contributed by atoms with E-state index in [4.69, 9.17) is 9.84 Å². The highest BCUT2D eigenvalue weighted by molar-refractivity contribution is 5.70. The largest absolute Gasteiger partial charge is 0.466 e. The predicted molar refractivity (Wildman–Crippen MR) is 55.0 cm³/mol. The molecule has 4 N–H and O–H groups in total. The summed E-state index contributed by atoms with van der Waals surface area (Å²) >= 11 is 0. The maximum Gasteiger partial charge on any atom is 0.308 e. The van der Waals surface area contributed by atoms with Crippen molar-refractivity contribution in [2.24, 2.45) is 0 Å². The Hall–Kier alpha value is -0.730. The minimum atomic E-state index is -1.46. The lowest BCUT2D eigenvalue weighted by Gasteiger charge is -2.39. The van der Waals surface area contributed by atoms with Gasteiger partial charge in [-0.05, 0) is 6.92 Å². The number of hydrogen-bond acceptors (Lipinski definition) is 7. The fraction of sp³-hybridized carbons (Fsp3) is 0.900. The molecule has 0 aliphatic carbocycles.